The summed E-state index contributed by atoms with van der Waals surface area (Å²) in [5.41, 5.74) is 3.64. The first-order valence-corrected chi connectivity index (χ1v) is 11.8. The summed E-state index contributed by atoms with van der Waals surface area (Å²) in [6.45, 7) is 0.595. The van der Waals surface area contributed by atoms with Crippen LogP contribution < -0.4 is 5.32 Å². The van der Waals surface area contributed by atoms with Gasteiger partial charge in [0.15, 0.2) is 0 Å². The van der Waals surface area contributed by atoms with E-state index in [-0.39, 0.29) is 0 Å². The number of benzene rings is 2. The standard InChI is InChI=1S/C24H21Cl2N3S/c25-17-11-10-16(19(26)13-17)14-27-23-22-18-8-4-5-9-20(18)30-24(22)29-21(28-23)12-15-6-2-1-3-7-15/h1-3,6-7,10-11,13H,4-5,8-9,12,14H2,(H,27,28,29). The van der Waals surface area contributed by atoms with Crippen LogP contribution >= 0.6 is 34.5 Å². The average molecular weight is 454 g/mol. The zero-order valence-corrected chi connectivity index (χ0v) is 18.7. The van der Waals surface area contributed by atoms with Gasteiger partial charge in [-0.05, 0) is 54.5 Å². The second kappa shape index (κ2) is 8.54. The van der Waals surface area contributed by atoms with Gasteiger partial charge in [-0.15, -0.1) is 11.3 Å². The van der Waals surface area contributed by atoms with Gasteiger partial charge < -0.3 is 5.32 Å². The first kappa shape index (κ1) is 19.8. The normalized spacial score (nSPS) is 13.4. The maximum atomic E-state index is 6.39. The van der Waals surface area contributed by atoms with Crippen LogP contribution in [0, 0.1) is 0 Å². The molecule has 30 heavy (non-hydrogen) atoms. The second-order valence-electron chi connectivity index (χ2n) is 7.63. The van der Waals surface area contributed by atoms with E-state index in [1.54, 1.807) is 6.07 Å². The molecule has 0 spiro atoms. The summed E-state index contributed by atoms with van der Waals surface area (Å²) in [5, 5.41) is 6.05. The van der Waals surface area contributed by atoms with Gasteiger partial charge in [0.1, 0.15) is 16.5 Å². The smallest absolute Gasteiger partial charge is 0.139 e. The first-order chi connectivity index (χ1) is 14.7. The van der Waals surface area contributed by atoms with Crippen molar-refractivity contribution in [1.82, 2.24) is 9.97 Å². The SMILES string of the molecule is Clc1ccc(CNc2nc(Cc3ccccc3)nc3sc4c(c23)CCCC4)c(Cl)c1. The van der Waals surface area contributed by atoms with Crippen molar-refractivity contribution in [2.45, 2.75) is 38.6 Å². The van der Waals surface area contributed by atoms with Crippen LogP contribution in [0.25, 0.3) is 10.2 Å². The highest BCUT2D eigenvalue weighted by Crippen LogP contribution is 2.39. The van der Waals surface area contributed by atoms with Gasteiger partial charge in [0, 0.05) is 27.9 Å². The fourth-order valence-electron chi connectivity index (χ4n) is 4.03. The summed E-state index contributed by atoms with van der Waals surface area (Å²) >= 11 is 14.3. The topological polar surface area (TPSA) is 37.8 Å². The van der Waals surface area contributed by atoms with Crippen molar-refractivity contribution in [3.05, 3.63) is 86.0 Å². The van der Waals surface area contributed by atoms with Crippen molar-refractivity contribution < 1.29 is 0 Å². The Balaban J connectivity index is 1.54. The highest BCUT2D eigenvalue weighted by atomic mass is 35.5. The first-order valence-electron chi connectivity index (χ1n) is 10.2. The van der Waals surface area contributed by atoms with E-state index in [0.717, 1.165) is 41.3 Å². The highest BCUT2D eigenvalue weighted by molar-refractivity contribution is 7.19. The molecule has 5 rings (SSSR count). The summed E-state index contributed by atoms with van der Waals surface area (Å²) in [6.07, 6.45) is 5.45. The maximum absolute atomic E-state index is 6.39. The van der Waals surface area contributed by atoms with E-state index in [1.165, 1.54) is 34.2 Å². The lowest BCUT2D eigenvalue weighted by Crippen LogP contribution is -2.07. The number of rotatable bonds is 5. The Morgan fingerprint density at radius 1 is 0.967 bits per heavy atom. The van der Waals surface area contributed by atoms with Crippen LogP contribution in [0.1, 0.15) is 40.2 Å². The number of aryl methyl sites for hydroxylation is 2. The number of nitrogens with one attached hydrogen (secondary N) is 1. The Morgan fingerprint density at radius 3 is 2.63 bits per heavy atom. The number of fused-ring (bicyclic) bond motifs is 3. The average Bonchev–Trinajstić information content (AvgIpc) is 3.12. The van der Waals surface area contributed by atoms with Gasteiger partial charge in [-0.25, -0.2) is 9.97 Å². The van der Waals surface area contributed by atoms with Crippen molar-refractivity contribution in [2.75, 3.05) is 5.32 Å². The lowest BCUT2D eigenvalue weighted by Gasteiger charge is -2.14. The van der Waals surface area contributed by atoms with E-state index in [2.05, 4.69) is 29.6 Å². The van der Waals surface area contributed by atoms with Crippen LogP contribution in [0.3, 0.4) is 0 Å². The van der Waals surface area contributed by atoms with Gasteiger partial charge in [0.05, 0.1) is 5.39 Å². The van der Waals surface area contributed by atoms with E-state index < -0.39 is 0 Å². The molecule has 6 heteroatoms. The van der Waals surface area contributed by atoms with Crippen molar-refractivity contribution >= 4 is 50.6 Å². The lowest BCUT2D eigenvalue weighted by molar-refractivity contribution is 0.700. The fourth-order valence-corrected chi connectivity index (χ4v) is 5.79. The minimum atomic E-state index is 0.595. The molecule has 0 saturated carbocycles. The molecule has 1 N–H and O–H groups in total. The Morgan fingerprint density at radius 2 is 1.80 bits per heavy atom. The second-order valence-corrected chi connectivity index (χ2v) is 9.56. The molecule has 3 nitrogen and oxygen atoms in total. The van der Waals surface area contributed by atoms with Crippen LogP contribution in [0.2, 0.25) is 10.0 Å². The minimum Gasteiger partial charge on any atom is -0.365 e. The third-order valence-corrected chi connectivity index (χ3v) is 7.30. The molecule has 1 aliphatic carbocycles. The molecule has 0 aliphatic heterocycles. The van der Waals surface area contributed by atoms with Crippen molar-refractivity contribution in [3.63, 3.8) is 0 Å². The molecule has 2 heterocycles. The number of hydrogen-bond donors (Lipinski definition) is 1. The summed E-state index contributed by atoms with van der Waals surface area (Å²) in [5.74, 6) is 1.76. The van der Waals surface area contributed by atoms with Gasteiger partial charge in [-0.2, -0.15) is 0 Å². The van der Waals surface area contributed by atoms with Gasteiger partial charge in [-0.1, -0.05) is 59.6 Å². The summed E-state index contributed by atoms with van der Waals surface area (Å²) < 4.78 is 0. The predicted molar refractivity (Wildman–Crippen MR) is 127 cm³/mol. The molecule has 4 aromatic rings. The molecule has 2 aromatic heterocycles. The fraction of sp³-hybridized carbons (Fsp3) is 0.250. The molecule has 0 unspecified atom stereocenters. The molecule has 0 bridgehead atoms. The monoisotopic (exact) mass is 453 g/mol. The molecule has 1 aliphatic rings. The molecule has 2 aromatic carbocycles. The highest BCUT2D eigenvalue weighted by Gasteiger charge is 2.21. The molecule has 0 fully saturated rings. The van der Waals surface area contributed by atoms with Crippen LogP contribution in [0.5, 0.6) is 0 Å². The lowest BCUT2D eigenvalue weighted by atomic mass is 9.97. The third-order valence-electron chi connectivity index (χ3n) is 5.53. The number of hydrogen-bond acceptors (Lipinski definition) is 4. The van der Waals surface area contributed by atoms with Crippen LogP contribution in [0.15, 0.2) is 48.5 Å². The van der Waals surface area contributed by atoms with Gasteiger partial charge in [0.25, 0.3) is 0 Å². The van der Waals surface area contributed by atoms with Gasteiger partial charge in [-0.3, -0.25) is 0 Å². The Kier molecular flexibility index (Phi) is 5.64. The largest absolute Gasteiger partial charge is 0.365 e. The number of thiophene rings is 1. The molecule has 0 saturated heterocycles. The molecular weight excluding hydrogens is 433 g/mol. The Hall–Kier alpha value is -2.14. The van der Waals surface area contributed by atoms with Crippen molar-refractivity contribution in [3.8, 4) is 0 Å². The number of aromatic nitrogens is 2. The quantitative estimate of drug-likeness (QED) is 0.350. The van der Waals surface area contributed by atoms with Crippen LogP contribution in [-0.4, -0.2) is 9.97 Å². The number of nitrogens with zero attached hydrogens (tertiary/aromatic N) is 2. The van der Waals surface area contributed by atoms with E-state index in [9.17, 15) is 0 Å². The molecule has 0 radical (unpaired) electrons. The van der Waals surface area contributed by atoms with E-state index in [0.29, 0.717) is 16.6 Å². The van der Waals surface area contributed by atoms with E-state index in [4.69, 9.17) is 33.2 Å². The zero-order valence-electron chi connectivity index (χ0n) is 16.4. The van der Waals surface area contributed by atoms with Crippen LogP contribution in [0.4, 0.5) is 5.82 Å². The van der Waals surface area contributed by atoms with E-state index in [1.807, 2.05) is 29.5 Å². The van der Waals surface area contributed by atoms with Gasteiger partial charge in [0.2, 0.25) is 0 Å². The summed E-state index contributed by atoms with van der Waals surface area (Å²) in [6, 6.07) is 16.0. The van der Waals surface area contributed by atoms with Crippen molar-refractivity contribution in [2.24, 2.45) is 0 Å². The van der Waals surface area contributed by atoms with Crippen molar-refractivity contribution in [1.29, 1.82) is 0 Å². The van der Waals surface area contributed by atoms with Gasteiger partial charge >= 0.3 is 0 Å². The number of halogens is 2. The third kappa shape index (κ3) is 4.04. The zero-order chi connectivity index (χ0) is 20.5. The summed E-state index contributed by atoms with van der Waals surface area (Å²) in [4.78, 5) is 12.5. The number of anilines is 1. The summed E-state index contributed by atoms with van der Waals surface area (Å²) in [7, 11) is 0. The predicted octanol–water partition coefficient (Wildman–Crippen LogP) is 7.08. The van der Waals surface area contributed by atoms with E-state index >= 15 is 0 Å². The Labute approximate surface area is 190 Å². The molecule has 0 atom stereocenters. The Bertz CT molecular complexity index is 1200. The molecule has 0 amide bonds. The van der Waals surface area contributed by atoms with Crippen LogP contribution in [-0.2, 0) is 25.8 Å². The minimum absolute atomic E-state index is 0.595. The molecule has 152 valence electrons. The maximum Gasteiger partial charge on any atom is 0.139 e. The molecular formula is C24H21Cl2N3S.